The Morgan fingerprint density at radius 2 is 1.95 bits per heavy atom. The van der Waals surface area contributed by atoms with Gasteiger partial charge >= 0.3 is 6.11 Å². The van der Waals surface area contributed by atoms with Gasteiger partial charge in [0.25, 0.3) is 5.91 Å². The molecule has 1 N–H and O–H groups in total. The van der Waals surface area contributed by atoms with Crippen molar-refractivity contribution in [3.63, 3.8) is 0 Å². The number of alkyl halides is 2. The van der Waals surface area contributed by atoms with E-state index in [1.807, 2.05) is 26.8 Å². The standard InChI is InChI=1S/C30H40F2N4O2S/c1-8-12-23(10-3)15-16-35-17-19-36(20-18-35)29(37)24-13-14-25(26(21-24)38-30(6,31)32)34-39-27(11-4)28(33-7)22(5)9-2/h8,10-14,21,34H,4-5,7,9,15-20H2,1-3,6H3/b12-8-,23-10+,28-27-. The molecule has 0 unspecified atom stereocenters. The molecule has 39 heavy (non-hydrogen) atoms. The van der Waals surface area contributed by atoms with E-state index < -0.39 is 6.11 Å². The van der Waals surface area contributed by atoms with E-state index in [1.165, 1.54) is 11.6 Å². The van der Waals surface area contributed by atoms with Gasteiger partial charge in [-0.2, -0.15) is 8.78 Å². The van der Waals surface area contributed by atoms with Gasteiger partial charge in [-0.15, -0.1) is 0 Å². The highest BCUT2D eigenvalue weighted by atomic mass is 32.2. The average Bonchev–Trinajstić information content (AvgIpc) is 2.92. The second-order valence-corrected chi connectivity index (χ2v) is 9.95. The molecule has 0 spiro atoms. The summed E-state index contributed by atoms with van der Waals surface area (Å²) in [5.41, 5.74) is 3.20. The zero-order valence-electron chi connectivity index (χ0n) is 23.4. The molecule has 1 heterocycles. The van der Waals surface area contributed by atoms with Crippen LogP contribution in [-0.2, 0) is 0 Å². The Bertz CT molecular complexity index is 1130. The number of ether oxygens (including phenoxy) is 1. The zero-order chi connectivity index (χ0) is 29.0. The number of benzene rings is 1. The van der Waals surface area contributed by atoms with Gasteiger partial charge < -0.3 is 14.4 Å². The summed E-state index contributed by atoms with van der Waals surface area (Å²) in [7, 11) is 0. The number of piperazine rings is 1. The second-order valence-electron chi connectivity index (χ2n) is 9.10. The summed E-state index contributed by atoms with van der Waals surface area (Å²) >= 11 is 1.13. The molecule has 1 amide bonds. The molecule has 1 aliphatic rings. The Morgan fingerprint density at radius 1 is 1.26 bits per heavy atom. The van der Waals surface area contributed by atoms with E-state index in [1.54, 1.807) is 23.1 Å². The maximum atomic E-state index is 13.9. The number of carbonyl (C=O) groups excluding carboxylic acids is 1. The maximum Gasteiger partial charge on any atom is 0.394 e. The number of hydrogen-bond acceptors (Lipinski definition) is 6. The van der Waals surface area contributed by atoms with Crippen molar-refractivity contribution in [2.45, 2.75) is 46.6 Å². The highest BCUT2D eigenvalue weighted by Gasteiger charge is 2.27. The molecular weight excluding hydrogens is 518 g/mol. The first-order valence-corrected chi connectivity index (χ1v) is 13.8. The molecule has 6 nitrogen and oxygen atoms in total. The lowest BCUT2D eigenvalue weighted by Gasteiger charge is -2.35. The first-order chi connectivity index (χ1) is 18.6. The van der Waals surface area contributed by atoms with Crippen molar-refractivity contribution in [3.8, 4) is 5.75 Å². The van der Waals surface area contributed by atoms with Gasteiger partial charge in [0.05, 0.1) is 16.3 Å². The minimum Gasteiger partial charge on any atom is -0.431 e. The van der Waals surface area contributed by atoms with E-state index in [-0.39, 0.29) is 22.9 Å². The number of rotatable bonds is 14. The Balaban J connectivity index is 2.16. The van der Waals surface area contributed by atoms with Crippen LogP contribution in [0.25, 0.3) is 0 Å². The van der Waals surface area contributed by atoms with E-state index in [9.17, 15) is 13.6 Å². The topological polar surface area (TPSA) is 57.2 Å². The van der Waals surface area contributed by atoms with E-state index >= 15 is 0 Å². The van der Waals surface area contributed by atoms with Gasteiger partial charge in [0.2, 0.25) is 0 Å². The van der Waals surface area contributed by atoms with Crippen LogP contribution >= 0.6 is 11.9 Å². The largest absolute Gasteiger partial charge is 0.431 e. The monoisotopic (exact) mass is 558 g/mol. The van der Waals surface area contributed by atoms with Crippen molar-refractivity contribution in [1.82, 2.24) is 9.80 Å². The Morgan fingerprint density at radius 3 is 2.49 bits per heavy atom. The lowest BCUT2D eigenvalue weighted by molar-refractivity contribution is -0.158. The molecule has 2 rings (SSSR count). The number of allylic oxidation sites excluding steroid dienone is 5. The molecule has 1 saturated heterocycles. The number of hydrogen-bond donors (Lipinski definition) is 1. The van der Waals surface area contributed by atoms with Crippen LogP contribution in [0.15, 0.2) is 82.4 Å². The highest BCUT2D eigenvalue weighted by Crippen LogP contribution is 2.35. The molecule has 0 bridgehead atoms. The van der Waals surface area contributed by atoms with E-state index in [0.717, 1.165) is 43.6 Å². The predicted octanol–water partition coefficient (Wildman–Crippen LogP) is 7.47. The molecule has 1 fully saturated rings. The Hall–Kier alpha value is -3.17. The predicted molar refractivity (Wildman–Crippen MR) is 161 cm³/mol. The van der Waals surface area contributed by atoms with E-state index in [2.05, 4.69) is 46.6 Å². The van der Waals surface area contributed by atoms with Crippen molar-refractivity contribution in [2.24, 2.45) is 4.99 Å². The number of carbonyl (C=O) groups is 1. The highest BCUT2D eigenvalue weighted by molar-refractivity contribution is 8.04. The van der Waals surface area contributed by atoms with E-state index in [0.29, 0.717) is 37.0 Å². The Labute approximate surface area is 236 Å². The third-order valence-corrected chi connectivity index (χ3v) is 7.16. The zero-order valence-corrected chi connectivity index (χ0v) is 24.3. The lowest BCUT2D eigenvalue weighted by Crippen LogP contribution is -2.48. The summed E-state index contributed by atoms with van der Waals surface area (Å²) in [4.78, 5) is 22.0. The molecule has 1 aliphatic heterocycles. The Kier molecular flexibility index (Phi) is 12.7. The summed E-state index contributed by atoms with van der Waals surface area (Å²) < 4.78 is 35.8. The summed E-state index contributed by atoms with van der Waals surface area (Å²) in [5, 5.41) is 0. The van der Waals surface area contributed by atoms with Crippen molar-refractivity contribution in [1.29, 1.82) is 0 Å². The number of nitrogens with zero attached hydrogens (tertiary/aromatic N) is 3. The first-order valence-electron chi connectivity index (χ1n) is 13.0. The van der Waals surface area contributed by atoms with Crippen molar-refractivity contribution in [3.05, 3.63) is 83.0 Å². The minimum absolute atomic E-state index is 0.131. The third kappa shape index (κ3) is 9.82. The molecule has 0 aliphatic carbocycles. The fraction of sp³-hybridized carbons (Fsp3) is 0.400. The molecule has 0 atom stereocenters. The van der Waals surface area contributed by atoms with Gasteiger partial charge in [-0.3, -0.25) is 14.7 Å². The molecule has 0 aromatic heterocycles. The molecule has 0 radical (unpaired) electrons. The smallest absolute Gasteiger partial charge is 0.394 e. The van der Waals surface area contributed by atoms with Gasteiger partial charge in [-0.1, -0.05) is 50.0 Å². The molecule has 0 saturated carbocycles. The van der Waals surface area contributed by atoms with Crippen LogP contribution in [0.2, 0.25) is 0 Å². The molecule has 212 valence electrons. The maximum absolute atomic E-state index is 13.9. The van der Waals surface area contributed by atoms with Crippen molar-refractivity contribution < 1.29 is 18.3 Å². The van der Waals surface area contributed by atoms with Gasteiger partial charge in [-0.25, -0.2) is 0 Å². The van der Waals surface area contributed by atoms with Crippen LogP contribution < -0.4 is 9.46 Å². The van der Waals surface area contributed by atoms with Crippen LogP contribution in [0.3, 0.4) is 0 Å². The van der Waals surface area contributed by atoms with Crippen molar-refractivity contribution >= 4 is 30.3 Å². The number of aliphatic imine (C=N–C) groups is 1. The third-order valence-electron chi connectivity index (χ3n) is 6.25. The summed E-state index contributed by atoms with van der Waals surface area (Å²) in [5.74, 6) is -0.349. The quantitative estimate of drug-likeness (QED) is 0.146. The van der Waals surface area contributed by atoms with Gasteiger partial charge in [0.15, 0.2) is 5.75 Å². The van der Waals surface area contributed by atoms with Gasteiger partial charge in [0, 0.05) is 45.2 Å². The van der Waals surface area contributed by atoms with Gasteiger partial charge in [-0.05, 0) is 69.1 Å². The van der Waals surface area contributed by atoms with E-state index in [4.69, 9.17) is 4.74 Å². The fourth-order valence-corrected chi connectivity index (χ4v) is 4.81. The molecule has 1 aromatic rings. The lowest BCUT2D eigenvalue weighted by atomic mass is 10.1. The number of halogens is 2. The summed E-state index contributed by atoms with van der Waals surface area (Å²) in [6.45, 7) is 21.6. The number of amides is 1. The molecular formula is C30H40F2N4O2S. The minimum atomic E-state index is -3.44. The summed E-state index contributed by atoms with van der Waals surface area (Å²) in [6.07, 6.45) is 6.03. The fourth-order valence-electron chi connectivity index (χ4n) is 4.03. The first kappa shape index (κ1) is 32.0. The SMILES string of the molecule is C=C/C(SNc1ccc(C(=O)N2CCN(CCC(/C=C\C)=C/C)CC2)cc1OC(C)(F)F)=C(/N=C)C(=C)CC. The van der Waals surface area contributed by atoms with Crippen LogP contribution in [0, 0.1) is 0 Å². The van der Waals surface area contributed by atoms with Gasteiger partial charge in [0.1, 0.15) is 0 Å². The van der Waals surface area contributed by atoms with Crippen LogP contribution in [0.4, 0.5) is 14.5 Å². The average molecular weight is 559 g/mol. The van der Waals surface area contributed by atoms with Crippen LogP contribution in [-0.4, -0.2) is 61.3 Å². The summed E-state index contributed by atoms with van der Waals surface area (Å²) in [6, 6.07) is 4.54. The number of nitrogens with one attached hydrogen (secondary N) is 1. The number of anilines is 1. The van der Waals surface area contributed by atoms with Crippen LogP contribution in [0.5, 0.6) is 5.75 Å². The molecule has 9 heteroatoms. The van der Waals surface area contributed by atoms with Crippen LogP contribution in [0.1, 0.15) is 50.9 Å². The molecule has 1 aromatic carbocycles. The van der Waals surface area contributed by atoms with Crippen molar-refractivity contribution in [2.75, 3.05) is 37.4 Å². The normalized spacial score (nSPS) is 15.6. The second kappa shape index (κ2) is 15.4.